The van der Waals surface area contributed by atoms with Crippen LogP contribution in [0.15, 0.2) is 30.3 Å². The number of hydrogen-bond donors (Lipinski definition) is 1. The summed E-state index contributed by atoms with van der Waals surface area (Å²) in [6.07, 6.45) is 4.77. The molecule has 1 saturated heterocycles. The number of nitrogens with one attached hydrogen (secondary N) is 1. The number of carbonyl (C=O) groups is 2. The van der Waals surface area contributed by atoms with Gasteiger partial charge in [0.2, 0.25) is 11.8 Å². The fraction of sp³-hybridized carbons (Fsp3) is 0.500. The third-order valence-electron chi connectivity index (χ3n) is 5.25. The van der Waals surface area contributed by atoms with E-state index in [2.05, 4.69) is 20.8 Å². The Balaban J connectivity index is 1.36. The molecular formula is C18H22N6O2. The lowest BCUT2D eigenvalue weighted by Crippen LogP contribution is -2.37. The average Bonchev–Trinajstić information content (AvgIpc) is 3.40. The number of amides is 2. The summed E-state index contributed by atoms with van der Waals surface area (Å²) < 4.78 is 1.60. The highest BCUT2D eigenvalue weighted by Crippen LogP contribution is 2.29. The molecule has 2 aliphatic rings. The molecule has 1 aromatic carbocycles. The fourth-order valence-corrected chi connectivity index (χ4v) is 3.87. The first-order valence-corrected chi connectivity index (χ1v) is 9.12. The molecule has 1 aromatic heterocycles. The van der Waals surface area contributed by atoms with Crippen LogP contribution in [0.4, 0.5) is 0 Å². The van der Waals surface area contributed by atoms with Crippen LogP contribution in [0, 0.1) is 5.92 Å². The Morgan fingerprint density at radius 3 is 2.73 bits per heavy atom. The Morgan fingerprint density at radius 1 is 1.19 bits per heavy atom. The van der Waals surface area contributed by atoms with E-state index in [9.17, 15) is 9.59 Å². The second-order valence-corrected chi connectivity index (χ2v) is 6.95. The molecule has 8 heteroatoms. The lowest BCUT2D eigenvalue weighted by atomic mass is 10.1. The second-order valence-electron chi connectivity index (χ2n) is 6.95. The molecule has 0 radical (unpaired) electrons. The van der Waals surface area contributed by atoms with Crippen molar-refractivity contribution >= 4 is 11.8 Å². The molecule has 136 valence electrons. The molecule has 1 N–H and O–H groups in total. The smallest absolute Gasteiger partial charge is 0.225 e. The van der Waals surface area contributed by atoms with E-state index in [1.54, 1.807) is 4.68 Å². The molecule has 0 spiro atoms. The number of benzene rings is 1. The van der Waals surface area contributed by atoms with Crippen molar-refractivity contribution in [2.45, 2.75) is 44.7 Å². The van der Waals surface area contributed by atoms with Crippen molar-refractivity contribution in [2.75, 3.05) is 6.54 Å². The molecule has 2 heterocycles. The van der Waals surface area contributed by atoms with E-state index in [0.717, 1.165) is 18.5 Å². The molecule has 8 nitrogen and oxygen atoms in total. The third kappa shape index (κ3) is 3.31. The van der Waals surface area contributed by atoms with Gasteiger partial charge in [-0.05, 0) is 35.4 Å². The minimum Gasteiger partial charge on any atom is -0.348 e. The van der Waals surface area contributed by atoms with Crippen molar-refractivity contribution in [3.05, 3.63) is 36.2 Å². The first-order chi connectivity index (χ1) is 12.7. The number of carbonyl (C=O) groups excluding carboxylic acids is 2. The molecule has 2 fully saturated rings. The maximum Gasteiger partial charge on any atom is 0.225 e. The maximum absolute atomic E-state index is 12.5. The van der Waals surface area contributed by atoms with Gasteiger partial charge >= 0.3 is 0 Å². The van der Waals surface area contributed by atoms with Crippen LogP contribution in [0.25, 0.3) is 5.69 Å². The molecule has 26 heavy (non-hydrogen) atoms. The molecule has 2 amide bonds. The van der Waals surface area contributed by atoms with E-state index in [4.69, 9.17) is 0 Å². The van der Waals surface area contributed by atoms with Crippen LogP contribution >= 0.6 is 0 Å². The standard InChI is InChI=1S/C18H22N6O2/c25-17-10-13(12-23(17)14-6-4-5-7-14)18(26)19-11-16-20-21-22-24(16)15-8-2-1-3-9-15/h1-3,8-9,13-14H,4-7,10-12H2,(H,19,26)/t13-/m1/s1. The van der Waals surface area contributed by atoms with Gasteiger partial charge in [-0.3, -0.25) is 9.59 Å². The lowest BCUT2D eigenvalue weighted by molar-refractivity contribution is -0.130. The van der Waals surface area contributed by atoms with E-state index < -0.39 is 0 Å². The molecule has 1 atom stereocenters. The van der Waals surface area contributed by atoms with Crippen LogP contribution in [0.3, 0.4) is 0 Å². The van der Waals surface area contributed by atoms with Gasteiger partial charge in [0.05, 0.1) is 18.2 Å². The van der Waals surface area contributed by atoms with Crippen molar-refractivity contribution in [1.29, 1.82) is 0 Å². The van der Waals surface area contributed by atoms with E-state index >= 15 is 0 Å². The summed E-state index contributed by atoms with van der Waals surface area (Å²) in [4.78, 5) is 26.7. The summed E-state index contributed by atoms with van der Waals surface area (Å²) in [7, 11) is 0. The minimum absolute atomic E-state index is 0.103. The Kier molecular flexibility index (Phi) is 4.64. The van der Waals surface area contributed by atoms with Gasteiger partial charge in [0, 0.05) is 19.0 Å². The number of likely N-dealkylation sites (tertiary alicyclic amines) is 1. The first kappa shape index (κ1) is 16.7. The minimum atomic E-state index is -0.288. The molecule has 1 saturated carbocycles. The van der Waals surface area contributed by atoms with Crippen LogP contribution in [-0.4, -0.2) is 49.5 Å². The predicted molar refractivity (Wildman–Crippen MR) is 93.1 cm³/mol. The largest absolute Gasteiger partial charge is 0.348 e. The summed E-state index contributed by atoms with van der Waals surface area (Å²) in [5.41, 5.74) is 0.838. The zero-order chi connectivity index (χ0) is 17.9. The molecule has 2 aromatic rings. The zero-order valence-electron chi connectivity index (χ0n) is 14.5. The molecule has 1 aliphatic heterocycles. The van der Waals surface area contributed by atoms with E-state index in [1.165, 1.54) is 12.8 Å². The molecule has 0 bridgehead atoms. The Bertz CT molecular complexity index is 784. The van der Waals surface area contributed by atoms with Gasteiger partial charge in [0.1, 0.15) is 0 Å². The van der Waals surface area contributed by atoms with Crippen LogP contribution in [0.2, 0.25) is 0 Å². The van der Waals surface area contributed by atoms with Gasteiger partial charge in [0.25, 0.3) is 0 Å². The topological polar surface area (TPSA) is 93.0 Å². The van der Waals surface area contributed by atoms with Crippen LogP contribution in [-0.2, 0) is 16.1 Å². The number of aromatic nitrogens is 4. The first-order valence-electron chi connectivity index (χ1n) is 9.12. The fourth-order valence-electron chi connectivity index (χ4n) is 3.87. The highest BCUT2D eigenvalue weighted by Gasteiger charge is 2.38. The van der Waals surface area contributed by atoms with Crippen molar-refractivity contribution in [3.8, 4) is 5.69 Å². The summed E-state index contributed by atoms with van der Waals surface area (Å²) in [5.74, 6) is 0.262. The quantitative estimate of drug-likeness (QED) is 0.867. The molecule has 1 aliphatic carbocycles. The Labute approximate surface area is 151 Å². The van der Waals surface area contributed by atoms with Gasteiger partial charge in [-0.15, -0.1) is 5.10 Å². The van der Waals surface area contributed by atoms with Crippen molar-refractivity contribution < 1.29 is 9.59 Å². The predicted octanol–water partition coefficient (Wildman–Crippen LogP) is 1.07. The average molecular weight is 354 g/mol. The van der Waals surface area contributed by atoms with Gasteiger partial charge in [-0.1, -0.05) is 31.0 Å². The van der Waals surface area contributed by atoms with Crippen LogP contribution in [0.1, 0.15) is 37.9 Å². The number of hydrogen-bond acceptors (Lipinski definition) is 5. The Morgan fingerprint density at radius 2 is 1.96 bits per heavy atom. The van der Waals surface area contributed by atoms with Crippen molar-refractivity contribution in [1.82, 2.24) is 30.4 Å². The zero-order valence-corrected chi connectivity index (χ0v) is 14.5. The van der Waals surface area contributed by atoms with Crippen molar-refractivity contribution in [3.63, 3.8) is 0 Å². The van der Waals surface area contributed by atoms with Gasteiger partial charge in [-0.2, -0.15) is 4.68 Å². The third-order valence-corrected chi connectivity index (χ3v) is 5.25. The highest BCUT2D eigenvalue weighted by atomic mass is 16.2. The SMILES string of the molecule is O=C(NCc1nnnn1-c1ccccc1)[C@@H]1CC(=O)N(C2CCCC2)C1. The van der Waals surface area contributed by atoms with E-state index in [0.29, 0.717) is 24.8 Å². The van der Waals surface area contributed by atoms with Gasteiger partial charge < -0.3 is 10.2 Å². The number of nitrogens with zero attached hydrogens (tertiary/aromatic N) is 5. The van der Waals surface area contributed by atoms with Crippen LogP contribution in [0.5, 0.6) is 0 Å². The van der Waals surface area contributed by atoms with E-state index in [-0.39, 0.29) is 24.3 Å². The number of tetrazole rings is 1. The van der Waals surface area contributed by atoms with Gasteiger partial charge in [0.15, 0.2) is 5.82 Å². The summed E-state index contributed by atoms with van der Waals surface area (Å²) >= 11 is 0. The maximum atomic E-state index is 12.5. The molecule has 4 rings (SSSR count). The second kappa shape index (κ2) is 7.23. The molecular weight excluding hydrogens is 332 g/mol. The lowest BCUT2D eigenvalue weighted by Gasteiger charge is -2.23. The Hall–Kier alpha value is -2.77. The highest BCUT2D eigenvalue weighted by molar-refractivity contribution is 5.89. The summed E-state index contributed by atoms with van der Waals surface area (Å²) in [5, 5.41) is 14.6. The van der Waals surface area contributed by atoms with Gasteiger partial charge in [-0.25, -0.2) is 0 Å². The number of para-hydroxylation sites is 1. The molecule has 0 unspecified atom stereocenters. The monoisotopic (exact) mass is 354 g/mol. The summed E-state index contributed by atoms with van der Waals surface area (Å²) in [6, 6.07) is 9.85. The summed E-state index contributed by atoms with van der Waals surface area (Å²) in [6.45, 7) is 0.758. The number of rotatable bonds is 5. The van der Waals surface area contributed by atoms with Crippen LogP contribution < -0.4 is 5.32 Å². The van der Waals surface area contributed by atoms with E-state index in [1.807, 2.05) is 35.2 Å². The van der Waals surface area contributed by atoms with Crippen molar-refractivity contribution in [2.24, 2.45) is 5.92 Å². The normalized spacial score (nSPS) is 20.7.